The van der Waals surface area contributed by atoms with E-state index in [0.717, 1.165) is 23.9 Å². The van der Waals surface area contributed by atoms with Gasteiger partial charge >= 0.3 is 0 Å². The van der Waals surface area contributed by atoms with Gasteiger partial charge in [-0.1, -0.05) is 47.1 Å². The van der Waals surface area contributed by atoms with Crippen molar-refractivity contribution < 1.29 is 9.59 Å². The number of nitrogens with one attached hydrogen (secondary N) is 1. The SMILES string of the molecule is N#CC1=C(SCC(N)=O)NC2=C(C(=O)CCC2)C1c1cccc(Cl)c1Cl. The highest BCUT2D eigenvalue weighted by atomic mass is 35.5. The van der Waals surface area contributed by atoms with Crippen LogP contribution >= 0.6 is 35.0 Å². The molecular formula is C18H15Cl2N3O2S. The molecule has 134 valence electrons. The fraction of sp³-hybridized carbons (Fsp3) is 0.278. The number of nitriles is 1. The average Bonchev–Trinajstić information content (AvgIpc) is 2.61. The van der Waals surface area contributed by atoms with Crippen LogP contribution < -0.4 is 11.1 Å². The first-order chi connectivity index (χ1) is 12.4. The maximum absolute atomic E-state index is 12.7. The molecule has 0 spiro atoms. The van der Waals surface area contributed by atoms with Gasteiger partial charge in [0.25, 0.3) is 0 Å². The number of nitrogens with two attached hydrogens (primary N) is 1. The van der Waals surface area contributed by atoms with Crippen LogP contribution in [-0.4, -0.2) is 17.4 Å². The monoisotopic (exact) mass is 407 g/mol. The summed E-state index contributed by atoms with van der Waals surface area (Å²) in [6, 6.07) is 7.35. The molecule has 5 nitrogen and oxygen atoms in total. The Morgan fingerprint density at radius 1 is 1.38 bits per heavy atom. The maximum atomic E-state index is 12.7. The van der Waals surface area contributed by atoms with Gasteiger partial charge in [-0.2, -0.15) is 5.26 Å². The first-order valence-corrected chi connectivity index (χ1v) is 9.70. The lowest BCUT2D eigenvalue weighted by atomic mass is 9.77. The van der Waals surface area contributed by atoms with Gasteiger partial charge in [0.05, 0.1) is 38.4 Å². The molecule has 0 saturated carbocycles. The molecule has 3 N–H and O–H groups in total. The number of Topliss-reactive ketones (excluding diaryl/α,β-unsaturated/α-hetero) is 1. The molecule has 1 unspecified atom stereocenters. The van der Waals surface area contributed by atoms with Crippen LogP contribution in [0.5, 0.6) is 0 Å². The average molecular weight is 408 g/mol. The number of amides is 1. The molecule has 1 atom stereocenters. The van der Waals surface area contributed by atoms with Crippen LogP contribution in [0.1, 0.15) is 30.7 Å². The normalized spacial score (nSPS) is 19.7. The third-order valence-corrected chi connectivity index (χ3v) is 6.19. The minimum absolute atomic E-state index is 0.00788. The number of ketones is 1. The van der Waals surface area contributed by atoms with Crippen LogP contribution in [0.3, 0.4) is 0 Å². The van der Waals surface area contributed by atoms with Gasteiger partial charge in [0.1, 0.15) is 0 Å². The van der Waals surface area contributed by atoms with E-state index in [0.29, 0.717) is 44.6 Å². The van der Waals surface area contributed by atoms with E-state index >= 15 is 0 Å². The Balaban J connectivity index is 2.18. The van der Waals surface area contributed by atoms with Gasteiger partial charge in [0.15, 0.2) is 5.78 Å². The van der Waals surface area contributed by atoms with Crippen molar-refractivity contribution in [3.8, 4) is 6.07 Å². The van der Waals surface area contributed by atoms with E-state index in [4.69, 9.17) is 28.9 Å². The lowest BCUT2D eigenvalue weighted by molar-refractivity contribution is -0.116. The minimum atomic E-state index is -0.606. The van der Waals surface area contributed by atoms with Gasteiger partial charge in [0.2, 0.25) is 5.91 Å². The topological polar surface area (TPSA) is 96.0 Å². The number of hydrogen-bond donors (Lipinski definition) is 2. The Morgan fingerprint density at radius 3 is 2.85 bits per heavy atom. The van der Waals surface area contributed by atoms with E-state index in [1.807, 2.05) is 0 Å². The molecule has 1 aromatic carbocycles. The molecular weight excluding hydrogens is 393 g/mol. The van der Waals surface area contributed by atoms with Gasteiger partial charge in [-0.05, 0) is 24.5 Å². The highest BCUT2D eigenvalue weighted by Crippen LogP contribution is 2.46. The number of carbonyl (C=O) groups excluding carboxylic acids is 2. The predicted octanol–water partition coefficient (Wildman–Crippen LogP) is 3.64. The van der Waals surface area contributed by atoms with E-state index in [1.165, 1.54) is 0 Å². The molecule has 0 saturated heterocycles. The summed E-state index contributed by atoms with van der Waals surface area (Å²) in [5.41, 5.74) is 7.52. The summed E-state index contributed by atoms with van der Waals surface area (Å²) < 4.78 is 0. The van der Waals surface area contributed by atoms with Crippen molar-refractivity contribution in [2.45, 2.75) is 25.2 Å². The summed E-state index contributed by atoms with van der Waals surface area (Å²) in [6.07, 6.45) is 1.85. The highest BCUT2D eigenvalue weighted by molar-refractivity contribution is 8.03. The summed E-state index contributed by atoms with van der Waals surface area (Å²) in [6.45, 7) is 0. The molecule has 8 heteroatoms. The third-order valence-electron chi connectivity index (χ3n) is 4.31. The summed E-state index contributed by atoms with van der Waals surface area (Å²) >= 11 is 13.7. The number of rotatable bonds is 4. The zero-order valence-corrected chi connectivity index (χ0v) is 16.0. The molecule has 0 aromatic heterocycles. The van der Waals surface area contributed by atoms with E-state index in [-0.39, 0.29) is 11.5 Å². The second kappa shape index (κ2) is 7.75. The summed E-state index contributed by atoms with van der Waals surface area (Å²) in [4.78, 5) is 23.8. The Labute approximate surface area is 165 Å². The van der Waals surface area contributed by atoms with Crippen LogP contribution in [0.4, 0.5) is 0 Å². The Morgan fingerprint density at radius 2 is 2.15 bits per heavy atom. The largest absolute Gasteiger partial charge is 0.369 e. The number of benzene rings is 1. The van der Waals surface area contributed by atoms with Gasteiger partial charge < -0.3 is 11.1 Å². The molecule has 1 aromatic rings. The molecule has 0 bridgehead atoms. The van der Waals surface area contributed by atoms with Crippen LogP contribution in [0, 0.1) is 11.3 Å². The van der Waals surface area contributed by atoms with Crippen LogP contribution in [0.2, 0.25) is 10.0 Å². The molecule has 3 rings (SSSR count). The van der Waals surface area contributed by atoms with Crippen molar-refractivity contribution in [1.29, 1.82) is 5.26 Å². The molecule has 26 heavy (non-hydrogen) atoms. The van der Waals surface area contributed by atoms with Crippen LogP contribution in [0.25, 0.3) is 0 Å². The first kappa shape index (κ1) is 18.8. The van der Waals surface area contributed by atoms with Crippen molar-refractivity contribution in [1.82, 2.24) is 5.32 Å². The van der Waals surface area contributed by atoms with Crippen molar-refractivity contribution in [2.75, 3.05) is 5.75 Å². The Bertz CT molecular complexity index is 902. The second-order valence-electron chi connectivity index (χ2n) is 5.98. The number of hydrogen-bond acceptors (Lipinski definition) is 5. The Kier molecular flexibility index (Phi) is 5.61. The number of carbonyl (C=O) groups is 2. The van der Waals surface area contributed by atoms with Crippen molar-refractivity contribution >= 4 is 46.7 Å². The standard InChI is InChI=1S/C18H15Cl2N3O2S/c19-11-4-1-3-9(17(11)20)15-10(7-21)18(26-8-14(22)25)23-12-5-2-6-13(24)16(12)15/h1,3-4,15,23H,2,5-6,8H2,(H2,22,25). The lowest BCUT2D eigenvalue weighted by Gasteiger charge is -2.33. The molecule has 1 aliphatic heterocycles. The van der Waals surface area contributed by atoms with Crippen molar-refractivity contribution in [3.05, 3.63) is 55.7 Å². The number of halogens is 2. The maximum Gasteiger partial charge on any atom is 0.227 e. The van der Waals surface area contributed by atoms with Gasteiger partial charge in [-0.25, -0.2) is 0 Å². The smallest absolute Gasteiger partial charge is 0.227 e. The summed E-state index contributed by atoms with van der Waals surface area (Å²) in [7, 11) is 0. The number of dihydropyridines is 1. The summed E-state index contributed by atoms with van der Waals surface area (Å²) in [5, 5.41) is 14.2. The molecule has 2 aliphatic rings. The molecule has 1 aliphatic carbocycles. The van der Waals surface area contributed by atoms with Gasteiger partial charge in [-0.3, -0.25) is 9.59 Å². The van der Waals surface area contributed by atoms with Gasteiger partial charge in [0, 0.05) is 17.7 Å². The van der Waals surface area contributed by atoms with Crippen molar-refractivity contribution in [2.24, 2.45) is 5.73 Å². The van der Waals surface area contributed by atoms with E-state index in [9.17, 15) is 14.9 Å². The van der Waals surface area contributed by atoms with Crippen molar-refractivity contribution in [3.63, 3.8) is 0 Å². The minimum Gasteiger partial charge on any atom is -0.369 e. The van der Waals surface area contributed by atoms with E-state index in [2.05, 4.69) is 11.4 Å². The zero-order valence-electron chi connectivity index (χ0n) is 13.6. The van der Waals surface area contributed by atoms with Crippen LogP contribution in [0.15, 0.2) is 40.1 Å². The quantitative estimate of drug-likeness (QED) is 0.793. The van der Waals surface area contributed by atoms with E-state index in [1.54, 1.807) is 18.2 Å². The Hall–Kier alpha value is -1.94. The number of thioether (sulfide) groups is 1. The predicted molar refractivity (Wildman–Crippen MR) is 103 cm³/mol. The van der Waals surface area contributed by atoms with Gasteiger partial charge in [-0.15, -0.1) is 0 Å². The summed E-state index contributed by atoms with van der Waals surface area (Å²) in [5.74, 6) is -1.07. The number of nitrogens with zero attached hydrogens (tertiary/aromatic N) is 1. The fourth-order valence-corrected chi connectivity index (χ4v) is 4.45. The highest BCUT2D eigenvalue weighted by Gasteiger charge is 2.38. The zero-order chi connectivity index (χ0) is 18.8. The fourth-order valence-electron chi connectivity index (χ4n) is 3.24. The van der Waals surface area contributed by atoms with Crippen LogP contribution in [-0.2, 0) is 9.59 Å². The number of primary amides is 1. The number of allylic oxidation sites excluding steroid dienone is 3. The molecule has 0 radical (unpaired) electrons. The molecule has 0 fully saturated rings. The molecule has 1 heterocycles. The molecule has 1 amide bonds. The first-order valence-electron chi connectivity index (χ1n) is 7.96. The lowest BCUT2D eigenvalue weighted by Crippen LogP contribution is -2.32. The second-order valence-corrected chi connectivity index (χ2v) is 7.75. The third kappa shape index (κ3) is 3.48. The van der Waals surface area contributed by atoms with E-state index < -0.39 is 11.8 Å².